The van der Waals surface area contributed by atoms with E-state index in [4.69, 9.17) is 0 Å². The fraction of sp³-hybridized carbons (Fsp3) is 0.500. The number of nitrogens with zero attached hydrogens (tertiary/aromatic N) is 1. The molecule has 0 N–H and O–H groups in total. The summed E-state index contributed by atoms with van der Waals surface area (Å²) in [6, 6.07) is 6.56. The Morgan fingerprint density at radius 3 is 3.00 bits per heavy atom. The lowest BCUT2D eigenvalue weighted by atomic mass is 10.2. The Kier molecular flexibility index (Phi) is 2.05. The average Bonchev–Trinajstić information content (AvgIpc) is 2.88. The fourth-order valence-corrected chi connectivity index (χ4v) is 2.94. The van der Waals surface area contributed by atoms with Crippen LogP contribution in [-0.4, -0.2) is 13.1 Å². The van der Waals surface area contributed by atoms with Crippen LogP contribution in [0.3, 0.4) is 0 Å². The number of para-hydroxylation sites is 1. The predicted molar refractivity (Wildman–Crippen MR) is 62.8 cm³/mol. The lowest BCUT2D eigenvalue weighted by Crippen LogP contribution is -2.23. The van der Waals surface area contributed by atoms with Crippen molar-refractivity contribution in [2.24, 2.45) is 5.92 Å². The second kappa shape index (κ2) is 3.27. The molecule has 1 saturated carbocycles. The van der Waals surface area contributed by atoms with Crippen LogP contribution >= 0.6 is 15.9 Å². The van der Waals surface area contributed by atoms with Crippen LogP contribution in [0.2, 0.25) is 0 Å². The third kappa shape index (κ3) is 1.46. The van der Waals surface area contributed by atoms with Crippen molar-refractivity contribution in [3.8, 4) is 0 Å². The summed E-state index contributed by atoms with van der Waals surface area (Å²) in [6.07, 6.45) is 4.11. The fourth-order valence-electron chi connectivity index (χ4n) is 2.28. The van der Waals surface area contributed by atoms with E-state index in [1.165, 1.54) is 48.1 Å². The number of hydrogen-bond donors (Lipinski definition) is 0. The topological polar surface area (TPSA) is 3.24 Å². The maximum atomic E-state index is 3.66. The molecule has 0 bridgehead atoms. The molecular formula is C12H14BrN. The lowest BCUT2D eigenvalue weighted by Gasteiger charge is -2.20. The average molecular weight is 252 g/mol. The van der Waals surface area contributed by atoms with Gasteiger partial charge in [-0.05, 0) is 52.7 Å². The summed E-state index contributed by atoms with van der Waals surface area (Å²) >= 11 is 3.66. The van der Waals surface area contributed by atoms with E-state index in [0.717, 1.165) is 5.92 Å². The second-order valence-corrected chi connectivity index (χ2v) is 5.24. The summed E-state index contributed by atoms with van der Waals surface area (Å²) in [5.41, 5.74) is 2.97. The molecule has 1 aliphatic heterocycles. The van der Waals surface area contributed by atoms with E-state index < -0.39 is 0 Å². The molecule has 3 rings (SSSR count). The first-order valence-corrected chi connectivity index (χ1v) is 6.16. The summed E-state index contributed by atoms with van der Waals surface area (Å²) in [4.78, 5) is 2.55. The van der Waals surface area contributed by atoms with Gasteiger partial charge < -0.3 is 4.90 Å². The molecule has 0 radical (unpaired) electrons. The first-order chi connectivity index (χ1) is 6.84. The first-order valence-electron chi connectivity index (χ1n) is 5.37. The van der Waals surface area contributed by atoms with E-state index in [1.54, 1.807) is 0 Å². The molecule has 1 fully saturated rings. The Morgan fingerprint density at radius 2 is 2.21 bits per heavy atom. The molecule has 1 aliphatic carbocycles. The summed E-state index contributed by atoms with van der Waals surface area (Å²) in [7, 11) is 0. The highest BCUT2D eigenvalue weighted by atomic mass is 79.9. The summed E-state index contributed by atoms with van der Waals surface area (Å²) in [5, 5.41) is 0. The molecule has 0 spiro atoms. The number of benzene rings is 1. The molecule has 1 heterocycles. The van der Waals surface area contributed by atoms with Gasteiger partial charge in [-0.25, -0.2) is 0 Å². The maximum Gasteiger partial charge on any atom is 0.0544 e. The number of fused-ring (bicyclic) bond motifs is 1. The zero-order valence-corrected chi connectivity index (χ0v) is 9.76. The largest absolute Gasteiger partial charge is 0.370 e. The Hall–Kier alpha value is -0.500. The highest BCUT2D eigenvalue weighted by molar-refractivity contribution is 9.10. The molecule has 0 unspecified atom stereocenters. The van der Waals surface area contributed by atoms with Gasteiger partial charge in [0.05, 0.1) is 5.69 Å². The molecule has 1 nitrogen and oxygen atoms in total. The van der Waals surface area contributed by atoms with Gasteiger partial charge in [0.25, 0.3) is 0 Å². The van der Waals surface area contributed by atoms with Crippen LogP contribution in [0.15, 0.2) is 22.7 Å². The maximum absolute atomic E-state index is 3.66. The van der Waals surface area contributed by atoms with Crippen LogP contribution in [-0.2, 0) is 6.42 Å². The quantitative estimate of drug-likeness (QED) is 0.781. The normalized spacial score (nSPS) is 19.9. The van der Waals surface area contributed by atoms with Crippen molar-refractivity contribution in [3.05, 3.63) is 28.2 Å². The SMILES string of the molecule is Brc1cccc2c1N(CC1CC1)CC2. The van der Waals surface area contributed by atoms with Gasteiger partial charge in [0.2, 0.25) is 0 Å². The van der Waals surface area contributed by atoms with Crippen molar-refractivity contribution in [1.29, 1.82) is 0 Å². The molecule has 0 aromatic heterocycles. The van der Waals surface area contributed by atoms with Crippen molar-refractivity contribution >= 4 is 21.6 Å². The lowest BCUT2D eigenvalue weighted by molar-refractivity contribution is 0.746. The molecule has 0 amide bonds. The van der Waals surface area contributed by atoms with Crippen LogP contribution < -0.4 is 4.90 Å². The molecular weight excluding hydrogens is 238 g/mol. The minimum Gasteiger partial charge on any atom is -0.370 e. The number of halogens is 1. The van der Waals surface area contributed by atoms with E-state index >= 15 is 0 Å². The second-order valence-electron chi connectivity index (χ2n) is 4.39. The van der Waals surface area contributed by atoms with Gasteiger partial charge >= 0.3 is 0 Å². The third-order valence-corrected chi connectivity index (χ3v) is 3.85. The van der Waals surface area contributed by atoms with Gasteiger partial charge in [0.1, 0.15) is 0 Å². The molecule has 2 aliphatic rings. The van der Waals surface area contributed by atoms with E-state index in [9.17, 15) is 0 Å². The summed E-state index contributed by atoms with van der Waals surface area (Å²) in [6.45, 7) is 2.49. The van der Waals surface area contributed by atoms with Gasteiger partial charge in [-0.2, -0.15) is 0 Å². The summed E-state index contributed by atoms with van der Waals surface area (Å²) in [5.74, 6) is 0.980. The molecule has 0 saturated heterocycles. The van der Waals surface area contributed by atoms with E-state index in [1.807, 2.05) is 0 Å². The molecule has 2 heteroatoms. The standard InChI is InChI=1S/C12H14BrN/c13-11-3-1-2-10-6-7-14(12(10)11)8-9-4-5-9/h1-3,9H,4-8H2. The van der Waals surface area contributed by atoms with E-state index in [-0.39, 0.29) is 0 Å². The minimum atomic E-state index is 0.980. The number of hydrogen-bond acceptors (Lipinski definition) is 1. The highest BCUT2D eigenvalue weighted by Crippen LogP contribution is 2.38. The van der Waals surface area contributed by atoms with E-state index in [0.29, 0.717) is 0 Å². The Balaban J connectivity index is 1.91. The first kappa shape index (κ1) is 8.78. The molecule has 1 aromatic rings. The zero-order valence-electron chi connectivity index (χ0n) is 8.17. The van der Waals surface area contributed by atoms with Gasteiger partial charge in [0, 0.05) is 17.6 Å². The van der Waals surface area contributed by atoms with Crippen molar-refractivity contribution in [1.82, 2.24) is 0 Å². The monoisotopic (exact) mass is 251 g/mol. The van der Waals surface area contributed by atoms with Crippen LogP contribution in [0.1, 0.15) is 18.4 Å². The van der Waals surface area contributed by atoms with Crippen LogP contribution in [0.4, 0.5) is 5.69 Å². The third-order valence-electron chi connectivity index (χ3n) is 3.21. The van der Waals surface area contributed by atoms with Crippen molar-refractivity contribution in [2.75, 3.05) is 18.0 Å². The van der Waals surface area contributed by atoms with Gasteiger partial charge in [-0.3, -0.25) is 0 Å². The van der Waals surface area contributed by atoms with Crippen LogP contribution in [0, 0.1) is 5.92 Å². The molecule has 14 heavy (non-hydrogen) atoms. The van der Waals surface area contributed by atoms with Crippen molar-refractivity contribution < 1.29 is 0 Å². The van der Waals surface area contributed by atoms with E-state index in [2.05, 4.69) is 39.0 Å². The number of anilines is 1. The zero-order chi connectivity index (χ0) is 9.54. The molecule has 0 atom stereocenters. The van der Waals surface area contributed by atoms with Crippen molar-refractivity contribution in [3.63, 3.8) is 0 Å². The van der Waals surface area contributed by atoms with Crippen molar-refractivity contribution in [2.45, 2.75) is 19.3 Å². The predicted octanol–water partition coefficient (Wildman–Crippen LogP) is 3.22. The smallest absolute Gasteiger partial charge is 0.0544 e. The van der Waals surface area contributed by atoms with Gasteiger partial charge in [-0.1, -0.05) is 12.1 Å². The molecule has 74 valence electrons. The Bertz CT molecular complexity index is 357. The van der Waals surface area contributed by atoms with Crippen LogP contribution in [0.5, 0.6) is 0 Å². The Labute approximate surface area is 93.2 Å². The van der Waals surface area contributed by atoms with Gasteiger partial charge in [0.15, 0.2) is 0 Å². The number of rotatable bonds is 2. The highest BCUT2D eigenvalue weighted by Gasteiger charge is 2.28. The molecule has 1 aromatic carbocycles. The van der Waals surface area contributed by atoms with Gasteiger partial charge in [-0.15, -0.1) is 0 Å². The minimum absolute atomic E-state index is 0.980. The summed E-state index contributed by atoms with van der Waals surface area (Å²) < 4.78 is 1.27. The van der Waals surface area contributed by atoms with Crippen LogP contribution in [0.25, 0.3) is 0 Å². The Morgan fingerprint density at radius 1 is 1.36 bits per heavy atom.